The Labute approximate surface area is 122 Å². The van der Waals surface area contributed by atoms with Gasteiger partial charge in [0.2, 0.25) is 0 Å². The van der Waals surface area contributed by atoms with E-state index in [1.165, 1.54) is 35.4 Å². The second-order valence-corrected chi connectivity index (χ2v) is 6.42. The van der Waals surface area contributed by atoms with Gasteiger partial charge < -0.3 is 5.73 Å². The molecule has 3 rings (SSSR count). The summed E-state index contributed by atoms with van der Waals surface area (Å²) in [6.45, 7) is 1.97. The molecular weight excluding hydrogens is 297 g/mol. The minimum absolute atomic E-state index is 0.0176. The maximum Gasteiger partial charge on any atom is 0.190 e. The third-order valence-electron chi connectivity index (χ3n) is 2.59. The molecule has 0 unspecified atom stereocenters. The van der Waals surface area contributed by atoms with Crippen LogP contribution in [0.1, 0.15) is 17.9 Å². The molecule has 3 aromatic heterocycles. The van der Waals surface area contributed by atoms with Gasteiger partial charge in [-0.2, -0.15) is 0 Å². The highest BCUT2D eigenvalue weighted by atomic mass is 32.2. The summed E-state index contributed by atoms with van der Waals surface area (Å²) in [5.41, 5.74) is 7.01. The third-order valence-corrected chi connectivity index (χ3v) is 4.40. The van der Waals surface area contributed by atoms with Crippen molar-refractivity contribution in [3.8, 4) is 0 Å². The molecule has 0 radical (unpaired) electrons. The van der Waals surface area contributed by atoms with Crippen LogP contribution in [0.15, 0.2) is 29.7 Å². The van der Waals surface area contributed by atoms with Gasteiger partial charge in [0.1, 0.15) is 5.82 Å². The number of nitrogens with two attached hydrogens (primary N) is 1. The van der Waals surface area contributed by atoms with Crippen molar-refractivity contribution in [2.75, 3.05) is 5.73 Å². The molecule has 20 heavy (non-hydrogen) atoms. The molecule has 0 bridgehead atoms. The number of nitrogens with zero attached hydrogens (tertiary/aromatic N) is 4. The zero-order valence-electron chi connectivity index (χ0n) is 10.4. The zero-order valence-corrected chi connectivity index (χ0v) is 12.1. The van der Waals surface area contributed by atoms with Crippen molar-refractivity contribution in [3.05, 3.63) is 36.0 Å². The maximum absolute atomic E-state index is 12.8. The first kappa shape index (κ1) is 13.2. The summed E-state index contributed by atoms with van der Waals surface area (Å²) in [4.78, 5) is 16.8. The largest absolute Gasteiger partial charge is 0.375 e. The van der Waals surface area contributed by atoms with Crippen LogP contribution in [-0.4, -0.2) is 19.9 Å². The average Bonchev–Trinajstić information content (AvgIpc) is 2.78. The molecule has 3 aromatic rings. The maximum atomic E-state index is 12.8. The van der Waals surface area contributed by atoms with Crippen LogP contribution in [0.2, 0.25) is 0 Å². The van der Waals surface area contributed by atoms with E-state index in [0.717, 1.165) is 10.4 Å². The Morgan fingerprint density at radius 2 is 2.10 bits per heavy atom. The van der Waals surface area contributed by atoms with Crippen molar-refractivity contribution in [1.29, 1.82) is 0 Å². The van der Waals surface area contributed by atoms with Crippen molar-refractivity contribution < 1.29 is 4.39 Å². The SMILES string of the molecule is C[C@H](Sc1ncc2sc(N)nc2n1)c1ccc(F)cn1. The van der Waals surface area contributed by atoms with Crippen LogP contribution in [0.4, 0.5) is 9.52 Å². The van der Waals surface area contributed by atoms with Gasteiger partial charge in [-0.05, 0) is 19.1 Å². The molecule has 0 aromatic carbocycles. The molecule has 2 N–H and O–H groups in total. The number of nitrogen functional groups attached to an aromatic ring is 1. The van der Waals surface area contributed by atoms with Crippen molar-refractivity contribution >= 4 is 38.6 Å². The van der Waals surface area contributed by atoms with Crippen LogP contribution < -0.4 is 5.73 Å². The number of hydrogen-bond acceptors (Lipinski definition) is 7. The predicted molar refractivity (Wildman–Crippen MR) is 78.1 cm³/mol. The van der Waals surface area contributed by atoms with Gasteiger partial charge in [0.15, 0.2) is 15.9 Å². The van der Waals surface area contributed by atoms with E-state index in [2.05, 4.69) is 19.9 Å². The number of thiazole rings is 1. The van der Waals surface area contributed by atoms with Crippen LogP contribution in [0.25, 0.3) is 10.3 Å². The lowest BCUT2D eigenvalue weighted by molar-refractivity contribution is 0.619. The van der Waals surface area contributed by atoms with Crippen LogP contribution in [-0.2, 0) is 0 Å². The highest BCUT2D eigenvalue weighted by Crippen LogP contribution is 2.32. The molecule has 8 heteroatoms. The van der Waals surface area contributed by atoms with Crippen LogP contribution in [0.3, 0.4) is 0 Å². The molecule has 3 heterocycles. The molecule has 0 saturated heterocycles. The van der Waals surface area contributed by atoms with Gasteiger partial charge in [-0.1, -0.05) is 23.1 Å². The molecule has 0 spiro atoms. The highest BCUT2D eigenvalue weighted by molar-refractivity contribution is 7.99. The Balaban J connectivity index is 1.82. The van der Waals surface area contributed by atoms with E-state index in [0.29, 0.717) is 15.9 Å². The first-order chi connectivity index (χ1) is 9.61. The quantitative estimate of drug-likeness (QED) is 0.592. The smallest absolute Gasteiger partial charge is 0.190 e. The summed E-state index contributed by atoms with van der Waals surface area (Å²) in [6, 6.07) is 3.05. The van der Waals surface area contributed by atoms with Crippen molar-refractivity contribution in [3.63, 3.8) is 0 Å². The number of anilines is 1. The van der Waals surface area contributed by atoms with E-state index in [4.69, 9.17) is 5.73 Å². The minimum atomic E-state index is -0.346. The summed E-state index contributed by atoms with van der Waals surface area (Å²) in [7, 11) is 0. The van der Waals surface area contributed by atoms with Crippen molar-refractivity contribution in [2.45, 2.75) is 17.3 Å². The fraction of sp³-hybridized carbons (Fsp3) is 0.167. The van der Waals surface area contributed by atoms with E-state index in [1.54, 1.807) is 12.3 Å². The second kappa shape index (κ2) is 5.29. The van der Waals surface area contributed by atoms with Gasteiger partial charge in [-0.25, -0.2) is 19.3 Å². The minimum Gasteiger partial charge on any atom is -0.375 e. The van der Waals surface area contributed by atoms with E-state index in [1.807, 2.05) is 6.92 Å². The Kier molecular flexibility index (Phi) is 3.49. The lowest BCUT2D eigenvalue weighted by Gasteiger charge is -2.08. The Bertz CT molecular complexity index is 743. The molecule has 0 aliphatic carbocycles. The van der Waals surface area contributed by atoms with E-state index in [9.17, 15) is 4.39 Å². The lowest BCUT2D eigenvalue weighted by Crippen LogP contribution is -1.95. The van der Waals surface area contributed by atoms with Crippen LogP contribution in [0.5, 0.6) is 0 Å². The molecule has 0 saturated carbocycles. The first-order valence-corrected chi connectivity index (χ1v) is 7.48. The predicted octanol–water partition coefficient (Wildman–Crippen LogP) is 3.06. The molecule has 1 atom stereocenters. The normalized spacial score (nSPS) is 12.7. The van der Waals surface area contributed by atoms with Crippen molar-refractivity contribution in [2.24, 2.45) is 0 Å². The topological polar surface area (TPSA) is 77.6 Å². The van der Waals surface area contributed by atoms with Crippen LogP contribution >= 0.6 is 23.1 Å². The number of pyridine rings is 1. The number of fused-ring (bicyclic) bond motifs is 1. The Morgan fingerprint density at radius 3 is 2.85 bits per heavy atom. The van der Waals surface area contributed by atoms with Crippen LogP contribution in [0, 0.1) is 5.82 Å². The van der Waals surface area contributed by atoms with Gasteiger partial charge in [0.25, 0.3) is 0 Å². The van der Waals surface area contributed by atoms with Gasteiger partial charge in [0.05, 0.1) is 28.0 Å². The summed E-state index contributed by atoms with van der Waals surface area (Å²) in [6.07, 6.45) is 2.92. The number of halogens is 1. The van der Waals surface area contributed by atoms with Gasteiger partial charge >= 0.3 is 0 Å². The van der Waals surface area contributed by atoms with Crippen molar-refractivity contribution in [1.82, 2.24) is 19.9 Å². The lowest BCUT2D eigenvalue weighted by atomic mass is 10.3. The summed E-state index contributed by atoms with van der Waals surface area (Å²) in [5.74, 6) is -0.346. The Morgan fingerprint density at radius 1 is 1.25 bits per heavy atom. The number of aromatic nitrogens is 4. The van der Waals surface area contributed by atoms with E-state index in [-0.39, 0.29) is 11.1 Å². The molecule has 5 nitrogen and oxygen atoms in total. The second-order valence-electron chi connectivity index (χ2n) is 4.05. The molecule has 102 valence electrons. The monoisotopic (exact) mass is 307 g/mol. The number of hydrogen-bond donors (Lipinski definition) is 1. The molecule has 0 amide bonds. The first-order valence-electron chi connectivity index (χ1n) is 5.79. The van der Waals surface area contributed by atoms with E-state index >= 15 is 0 Å². The van der Waals surface area contributed by atoms with Gasteiger partial charge in [0, 0.05) is 0 Å². The average molecular weight is 307 g/mol. The standard InChI is InChI=1S/C12H10FN5S2/c1-6(8-3-2-7(13)4-15-8)19-12-16-5-9-10(18-12)17-11(14)20-9/h2-6H,1H3,(H2,14,16,17,18)/t6-/m0/s1. The third kappa shape index (κ3) is 2.70. The fourth-order valence-corrected chi connectivity index (χ4v) is 3.12. The molecule has 0 aliphatic rings. The summed E-state index contributed by atoms with van der Waals surface area (Å²) in [5, 5.41) is 1.09. The number of thioether (sulfide) groups is 1. The fourth-order valence-electron chi connectivity index (χ4n) is 1.64. The molecule has 0 aliphatic heterocycles. The van der Waals surface area contributed by atoms with Gasteiger partial charge in [-0.3, -0.25) is 4.98 Å². The Hall–Kier alpha value is -1.80. The highest BCUT2D eigenvalue weighted by Gasteiger charge is 2.12. The zero-order chi connectivity index (χ0) is 14.1. The summed E-state index contributed by atoms with van der Waals surface area (Å²) < 4.78 is 13.7. The molecule has 0 fully saturated rings. The van der Waals surface area contributed by atoms with Gasteiger partial charge in [-0.15, -0.1) is 0 Å². The van der Waals surface area contributed by atoms with E-state index < -0.39 is 0 Å². The molecular formula is C12H10FN5S2. The number of rotatable bonds is 3. The summed E-state index contributed by atoms with van der Waals surface area (Å²) >= 11 is 2.80.